The van der Waals surface area contributed by atoms with E-state index in [9.17, 15) is 0 Å². The Bertz CT molecular complexity index is 656. The molecule has 0 aliphatic heterocycles. The second kappa shape index (κ2) is 6.05. The van der Waals surface area contributed by atoms with Crippen LogP contribution in [0.3, 0.4) is 0 Å². The zero-order valence-corrected chi connectivity index (χ0v) is 12.4. The summed E-state index contributed by atoms with van der Waals surface area (Å²) >= 11 is 6.05. The van der Waals surface area contributed by atoms with E-state index in [1.54, 1.807) is 25.3 Å². The van der Waals surface area contributed by atoms with Crippen molar-refractivity contribution in [2.24, 2.45) is 0 Å². The Morgan fingerprint density at radius 1 is 1.05 bits per heavy atom. The average molecular weight is 303 g/mol. The lowest BCUT2D eigenvalue weighted by atomic mass is 9.94. The molecule has 0 saturated heterocycles. The largest absolute Gasteiger partial charge is 0.252 e. The number of rotatable bonds is 5. The molecule has 0 fully saturated rings. The number of nitrogens with zero attached hydrogens (tertiary/aromatic N) is 6. The highest BCUT2D eigenvalue weighted by Crippen LogP contribution is 2.25. The Kier molecular flexibility index (Phi) is 3.96. The van der Waals surface area contributed by atoms with Crippen molar-refractivity contribution in [1.29, 1.82) is 0 Å². The van der Waals surface area contributed by atoms with Gasteiger partial charge < -0.3 is 0 Å². The molecule has 0 amide bonds. The summed E-state index contributed by atoms with van der Waals surface area (Å²) in [6.07, 6.45) is 6.53. The molecule has 0 unspecified atom stereocenters. The maximum atomic E-state index is 6.05. The van der Waals surface area contributed by atoms with E-state index in [4.69, 9.17) is 11.6 Å². The highest BCUT2D eigenvalue weighted by molar-refractivity contribution is 6.30. The smallest absolute Gasteiger partial charge is 0.137 e. The fourth-order valence-corrected chi connectivity index (χ4v) is 2.68. The minimum atomic E-state index is 0.214. The number of hydrogen-bond acceptors (Lipinski definition) is 4. The van der Waals surface area contributed by atoms with Crippen LogP contribution in [-0.4, -0.2) is 29.5 Å². The molecule has 0 bridgehead atoms. The second-order valence-electron chi connectivity index (χ2n) is 4.93. The summed E-state index contributed by atoms with van der Waals surface area (Å²) < 4.78 is 3.66. The molecule has 7 heteroatoms. The third-order valence-electron chi connectivity index (χ3n) is 3.42. The third-order valence-corrected chi connectivity index (χ3v) is 3.65. The van der Waals surface area contributed by atoms with Crippen LogP contribution in [0.5, 0.6) is 0 Å². The predicted molar refractivity (Wildman–Crippen MR) is 79.0 cm³/mol. The van der Waals surface area contributed by atoms with Crippen molar-refractivity contribution < 1.29 is 0 Å². The van der Waals surface area contributed by atoms with Crippen molar-refractivity contribution in [3.8, 4) is 0 Å². The zero-order valence-electron chi connectivity index (χ0n) is 11.6. The summed E-state index contributed by atoms with van der Waals surface area (Å²) in [6.45, 7) is 3.52. The molecule has 1 aromatic carbocycles. The number of hydrogen-bond donors (Lipinski definition) is 0. The van der Waals surface area contributed by atoms with Crippen molar-refractivity contribution >= 4 is 11.6 Å². The Labute approximate surface area is 127 Å². The summed E-state index contributed by atoms with van der Waals surface area (Å²) in [5.41, 5.74) is 2.39. The molecule has 0 saturated carbocycles. The maximum absolute atomic E-state index is 6.05. The van der Waals surface area contributed by atoms with Gasteiger partial charge >= 0.3 is 0 Å². The minimum Gasteiger partial charge on any atom is -0.252 e. The molecule has 3 aromatic rings. The van der Waals surface area contributed by atoms with Gasteiger partial charge in [-0.05, 0) is 30.2 Å². The minimum absolute atomic E-state index is 0.214. The number of aryl methyl sites for hydroxylation is 1. The Morgan fingerprint density at radius 3 is 2.14 bits per heavy atom. The van der Waals surface area contributed by atoms with Gasteiger partial charge in [0.25, 0.3) is 0 Å². The van der Waals surface area contributed by atoms with Crippen LogP contribution in [0, 0.1) is 6.92 Å². The first-order chi connectivity index (χ1) is 10.2. The number of aromatic nitrogens is 6. The van der Waals surface area contributed by atoms with Gasteiger partial charge in [-0.2, -0.15) is 10.2 Å². The van der Waals surface area contributed by atoms with Crippen molar-refractivity contribution in [2.75, 3.05) is 0 Å². The fraction of sp³-hybridized carbons (Fsp3) is 0.286. The van der Waals surface area contributed by atoms with E-state index in [2.05, 4.69) is 33.2 Å². The van der Waals surface area contributed by atoms with E-state index in [0.29, 0.717) is 0 Å². The van der Waals surface area contributed by atoms with E-state index in [0.717, 1.165) is 23.7 Å². The average Bonchev–Trinajstić information content (AvgIpc) is 3.11. The van der Waals surface area contributed by atoms with E-state index < -0.39 is 0 Å². The molecule has 108 valence electrons. The van der Waals surface area contributed by atoms with Gasteiger partial charge in [-0.25, -0.2) is 9.97 Å². The monoisotopic (exact) mass is 302 g/mol. The molecule has 3 rings (SSSR count). The first-order valence-corrected chi connectivity index (χ1v) is 7.01. The molecule has 2 heterocycles. The zero-order chi connectivity index (χ0) is 14.7. The molecule has 0 aliphatic rings. The van der Waals surface area contributed by atoms with Crippen LogP contribution in [-0.2, 0) is 13.1 Å². The first kappa shape index (κ1) is 13.8. The summed E-state index contributed by atoms with van der Waals surface area (Å²) in [6, 6.07) is 5.96. The molecular weight excluding hydrogens is 288 g/mol. The van der Waals surface area contributed by atoms with Gasteiger partial charge in [0.2, 0.25) is 0 Å². The van der Waals surface area contributed by atoms with Crippen molar-refractivity contribution in [2.45, 2.75) is 25.9 Å². The summed E-state index contributed by atoms with van der Waals surface area (Å²) in [4.78, 5) is 8.00. The number of benzene rings is 1. The second-order valence-corrected chi connectivity index (χ2v) is 5.37. The van der Waals surface area contributed by atoms with Gasteiger partial charge in [-0.1, -0.05) is 17.7 Å². The van der Waals surface area contributed by atoms with Crippen LogP contribution in [0.2, 0.25) is 5.02 Å². The van der Waals surface area contributed by atoms with Crippen LogP contribution in [0.25, 0.3) is 0 Å². The lowest BCUT2D eigenvalue weighted by molar-refractivity contribution is 0.436. The lowest BCUT2D eigenvalue weighted by Gasteiger charge is -2.19. The first-order valence-electron chi connectivity index (χ1n) is 6.63. The van der Waals surface area contributed by atoms with Gasteiger partial charge in [0, 0.05) is 10.9 Å². The molecule has 6 nitrogen and oxygen atoms in total. The van der Waals surface area contributed by atoms with Gasteiger partial charge in [0.05, 0.1) is 13.1 Å². The Hall–Kier alpha value is -2.21. The number of halogens is 1. The normalized spacial score (nSPS) is 11.2. The molecule has 0 N–H and O–H groups in total. The molecule has 0 aliphatic carbocycles. The molecule has 2 aromatic heterocycles. The van der Waals surface area contributed by atoms with E-state index in [-0.39, 0.29) is 5.92 Å². The van der Waals surface area contributed by atoms with Gasteiger partial charge in [0.1, 0.15) is 25.3 Å². The van der Waals surface area contributed by atoms with Gasteiger partial charge in [0.15, 0.2) is 0 Å². The van der Waals surface area contributed by atoms with Gasteiger partial charge in [-0.3, -0.25) is 9.36 Å². The quantitative estimate of drug-likeness (QED) is 0.725. The van der Waals surface area contributed by atoms with Crippen LogP contribution in [0.1, 0.15) is 17.0 Å². The van der Waals surface area contributed by atoms with Crippen LogP contribution in [0.15, 0.2) is 43.5 Å². The van der Waals surface area contributed by atoms with Crippen molar-refractivity contribution in [3.05, 3.63) is 59.7 Å². The summed E-state index contributed by atoms with van der Waals surface area (Å²) in [5.74, 6) is 0.214. The molecule has 0 atom stereocenters. The topological polar surface area (TPSA) is 61.4 Å². The van der Waals surface area contributed by atoms with E-state index >= 15 is 0 Å². The van der Waals surface area contributed by atoms with Gasteiger partial charge in [-0.15, -0.1) is 0 Å². The Balaban J connectivity index is 1.90. The van der Waals surface area contributed by atoms with Crippen LogP contribution >= 0.6 is 11.6 Å². The highest BCUT2D eigenvalue weighted by Gasteiger charge is 2.16. The predicted octanol–water partition coefficient (Wildman–Crippen LogP) is 2.32. The van der Waals surface area contributed by atoms with Crippen LogP contribution < -0.4 is 0 Å². The highest BCUT2D eigenvalue weighted by atomic mass is 35.5. The van der Waals surface area contributed by atoms with Crippen LogP contribution in [0.4, 0.5) is 0 Å². The SMILES string of the molecule is Cc1cc(Cl)ccc1C(Cn1cncn1)Cn1cncn1. The molecule has 0 spiro atoms. The molecular formula is C14H15ClN6. The van der Waals surface area contributed by atoms with E-state index in [1.807, 2.05) is 21.5 Å². The lowest BCUT2D eigenvalue weighted by Crippen LogP contribution is -2.17. The van der Waals surface area contributed by atoms with E-state index in [1.165, 1.54) is 5.56 Å². The van der Waals surface area contributed by atoms with Crippen molar-refractivity contribution in [3.63, 3.8) is 0 Å². The van der Waals surface area contributed by atoms with Crippen molar-refractivity contribution in [1.82, 2.24) is 29.5 Å². The summed E-state index contributed by atoms with van der Waals surface area (Å²) in [5, 5.41) is 9.13. The Morgan fingerprint density at radius 2 is 1.67 bits per heavy atom. The third kappa shape index (κ3) is 3.28. The summed E-state index contributed by atoms with van der Waals surface area (Å²) in [7, 11) is 0. The molecule has 21 heavy (non-hydrogen) atoms. The fourth-order valence-electron chi connectivity index (χ4n) is 2.46. The molecule has 0 radical (unpaired) electrons. The maximum Gasteiger partial charge on any atom is 0.137 e. The standard InChI is InChI=1S/C14H15ClN6/c1-11-4-13(15)2-3-14(11)12(5-20-9-16-7-18-20)6-21-10-17-8-19-21/h2-4,7-10,12H,5-6H2,1H3.